The number of benzene rings is 1. The molecule has 0 saturated carbocycles. The Morgan fingerprint density at radius 1 is 1.06 bits per heavy atom. The fourth-order valence-electron chi connectivity index (χ4n) is 2.97. The van der Waals surface area contributed by atoms with Crippen LogP contribution in [0.4, 0.5) is 32.2 Å². The van der Waals surface area contributed by atoms with E-state index in [0.29, 0.717) is 12.1 Å². The van der Waals surface area contributed by atoms with E-state index in [1.807, 2.05) is 0 Å². The SMILES string of the molecule is NC(=CC(=Nc1ncccc1Cl)c1nc2c(Cl)c3ccc(C(F)(F)F)nc3cc2c(=O)o1)C(F)(F)F. The van der Waals surface area contributed by atoms with Gasteiger partial charge in [-0.3, -0.25) is 0 Å². The van der Waals surface area contributed by atoms with Gasteiger partial charge < -0.3 is 10.2 Å². The van der Waals surface area contributed by atoms with Crippen LogP contribution in [-0.2, 0) is 6.18 Å². The summed E-state index contributed by atoms with van der Waals surface area (Å²) in [6.45, 7) is 0. The van der Waals surface area contributed by atoms with Gasteiger partial charge in [-0.15, -0.1) is 0 Å². The maximum absolute atomic E-state index is 13.1. The summed E-state index contributed by atoms with van der Waals surface area (Å²) in [7, 11) is 0. The minimum absolute atomic E-state index is 0.00202. The maximum Gasteiger partial charge on any atom is 0.433 e. The summed E-state index contributed by atoms with van der Waals surface area (Å²) in [6, 6.07) is 5.47. The van der Waals surface area contributed by atoms with Crippen LogP contribution in [0.15, 0.2) is 62.5 Å². The first kappa shape index (κ1) is 25.4. The number of aromatic nitrogens is 3. The summed E-state index contributed by atoms with van der Waals surface area (Å²) >= 11 is 12.3. The molecule has 4 rings (SSSR count). The van der Waals surface area contributed by atoms with Gasteiger partial charge in [0.2, 0.25) is 5.89 Å². The highest BCUT2D eigenvalue weighted by Gasteiger charge is 2.33. The summed E-state index contributed by atoms with van der Waals surface area (Å²) in [6.07, 6.45) is -8.12. The molecule has 0 radical (unpaired) electrons. The summed E-state index contributed by atoms with van der Waals surface area (Å²) in [5.41, 5.74) is -0.138. The molecule has 3 aromatic heterocycles. The summed E-state index contributed by atoms with van der Waals surface area (Å²) in [5, 5.41) is -0.711. The molecule has 36 heavy (non-hydrogen) atoms. The quantitative estimate of drug-likeness (QED) is 0.192. The fourth-order valence-corrected chi connectivity index (χ4v) is 3.43. The molecule has 0 aliphatic rings. The van der Waals surface area contributed by atoms with E-state index in [1.165, 1.54) is 18.3 Å². The van der Waals surface area contributed by atoms with Gasteiger partial charge in [0.15, 0.2) is 5.82 Å². The third-order valence-corrected chi connectivity index (χ3v) is 5.30. The predicted molar refractivity (Wildman–Crippen MR) is 119 cm³/mol. The Morgan fingerprint density at radius 3 is 2.42 bits per heavy atom. The second kappa shape index (κ2) is 9.06. The van der Waals surface area contributed by atoms with E-state index in [1.54, 1.807) is 0 Å². The zero-order valence-corrected chi connectivity index (χ0v) is 18.8. The molecule has 1 aromatic carbocycles. The first-order valence-corrected chi connectivity index (χ1v) is 10.3. The molecule has 0 bridgehead atoms. The lowest BCUT2D eigenvalue weighted by Crippen LogP contribution is -2.21. The number of pyridine rings is 2. The standard InChI is InChI=1S/C21H9Cl2F6N5O2/c22-10-2-1-5-31-17(10)33-12(7-13(30)20(24,25)26)18-34-16-9(19(35)36-18)6-11-8(15(16)23)3-4-14(32-11)21(27,28)29/h1-7H,30H2. The van der Waals surface area contributed by atoms with Crippen LogP contribution in [0.25, 0.3) is 21.8 Å². The van der Waals surface area contributed by atoms with Crippen LogP contribution in [0.1, 0.15) is 11.6 Å². The molecule has 0 amide bonds. The minimum atomic E-state index is -4.97. The fraction of sp³-hybridized carbons (Fsp3) is 0.0952. The van der Waals surface area contributed by atoms with Crippen LogP contribution >= 0.6 is 23.2 Å². The summed E-state index contributed by atoms with van der Waals surface area (Å²) < 4.78 is 83.5. The van der Waals surface area contributed by atoms with E-state index in [2.05, 4.69) is 19.9 Å². The zero-order valence-electron chi connectivity index (χ0n) is 17.2. The minimum Gasteiger partial charge on any atom is -0.401 e. The number of halogens is 8. The van der Waals surface area contributed by atoms with Gasteiger partial charge in [0.05, 0.1) is 20.9 Å². The lowest BCUT2D eigenvalue weighted by molar-refractivity contribution is -0.140. The van der Waals surface area contributed by atoms with Crippen molar-refractivity contribution in [1.29, 1.82) is 0 Å². The van der Waals surface area contributed by atoms with E-state index >= 15 is 0 Å². The lowest BCUT2D eigenvalue weighted by atomic mass is 10.1. The second-order valence-electron chi connectivity index (χ2n) is 7.06. The molecule has 2 N–H and O–H groups in total. The Hall–Kier alpha value is -3.71. The number of fused-ring (bicyclic) bond motifs is 2. The molecule has 0 spiro atoms. The monoisotopic (exact) mass is 547 g/mol. The van der Waals surface area contributed by atoms with Gasteiger partial charge in [-0.2, -0.15) is 26.3 Å². The van der Waals surface area contributed by atoms with Crippen LogP contribution in [0.2, 0.25) is 10.0 Å². The largest absolute Gasteiger partial charge is 0.433 e. The highest BCUT2D eigenvalue weighted by atomic mass is 35.5. The van der Waals surface area contributed by atoms with Crippen LogP contribution < -0.4 is 11.4 Å². The van der Waals surface area contributed by atoms with E-state index < -0.39 is 41.0 Å². The molecule has 0 fully saturated rings. The molecule has 15 heteroatoms. The van der Waals surface area contributed by atoms with Gasteiger partial charge in [-0.25, -0.2) is 24.7 Å². The summed E-state index contributed by atoms with van der Waals surface area (Å²) in [5.74, 6) is -0.971. The summed E-state index contributed by atoms with van der Waals surface area (Å²) in [4.78, 5) is 27.9. The molecule has 0 saturated heterocycles. The van der Waals surface area contributed by atoms with Crippen molar-refractivity contribution < 1.29 is 30.8 Å². The van der Waals surface area contributed by atoms with Crippen LogP contribution in [0.3, 0.4) is 0 Å². The number of hydrogen-bond donors (Lipinski definition) is 1. The Kier molecular flexibility index (Phi) is 6.39. The van der Waals surface area contributed by atoms with Crippen molar-refractivity contribution >= 4 is 56.5 Å². The molecule has 0 aliphatic carbocycles. The zero-order chi connectivity index (χ0) is 26.4. The van der Waals surface area contributed by atoms with Crippen molar-refractivity contribution in [2.75, 3.05) is 0 Å². The molecule has 0 unspecified atom stereocenters. The third-order valence-electron chi connectivity index (χ3n) is 4.62. The number of allylic oxidation sites excluding steroid dienone is 2. The van der Waals surface area contributed by atoms with Crippen molar-refractivity contribution in [2.45, 2.75) is 12.4 Å². The van der Waals surface area contributed by atoms with Gasteiger partial charge >= 0.3 is 18.0 Å². The van der Waals surface area contributed by atoms with Gasteiger partial charge in [-0.05, 0) is 36.4 Å². The molecular weight excluding hydrogens is 539 g/mol. The molecule has 186 valence electrons. The number of aliphatic imine (C=N–C) groups is 1. The first-order chi connectivity index (χ1) is 16.8. The van der Waals surface area contributed by atoms with Crippen molar-refractivity contribution in [3.8, 4) is 0 Å². The molecule has 0 atom stereocenters. The Morgan fingerprint density at radius 2 is 1.78 bits per heavy atom. The highest BCUT2D eigenvalue weighted by Crippen LogP contribution is 2.34. The van der Waals surface area contributed by atoms with E-state index in [9.17, 15) is 31.1 Å². The molecular formula is C21H9Cl2F6N5O2. The van der Waals surface area contributed by atoms with E-state index in [4.69, 9.17) is 33.4 Å². The topological polar surface area (TPSA) is 107 Å². The normalized spacial score (nSPS) is 13.6. The molecule has 7 nitrogen and oxygen atoms in total. The Bertz CT molecular complexity index is 1630. The van der Waals surface area contributed by atoms with Gasteiger partial charge in [0.25, 0.3) is 0 Å². The van der Waals surface area contributed by atoms with Crippen LogP contribution in [-0.4, -0.2) is 26.8 Å². The maximum atomic E-state index is 13.1. The number of rotatable bonds is 3. The third kappa shape index (κ3) is 4.97. The van der Waals surface area contributed by atoms with Crippen molar-refractivity contribution in [3.05, 3.63) is 80.4 Å². The van der Waals surface area contributed by atoms with Crippen LogP contribution in [0.5, 0.6) is 0 Å². The second-order valence-corrected chi connectivity index (χ2v) is 7.84. The van der Waals surface area contributed by atoms with Crippen LogP contribution in [0, 0.1) is 0 Å². The van der Waals surface area contributed by atoms with Crippen molar-refractivity contribution in [3.63, 3.8) is 0 Å². The van der Waals surface area contributed by atoms with Gasteiger partial charge in [-0.1, -0.05) is 23.2 Å². The predicted octanol–water partition coefficient (Wildman–Crippen LogP) is 5.98. The molecule has 3 heterocycles. The number of hydrogen-bond acceptors (Lipinski definition) is 7. The Balaban J connectivity index is 1.99. The van der Waals surface area contributed by atoms with Gasteiger partial charge in [0.1, 0.15) is 22.6 Å². The first-order valence-electron chi connectivity index (χ1n) is 9.51. The van der Waals surface area contributed by atoms with E-state index in [0.717, 1.165) is 12.1 Å². The van der Waals surface area contributed by atoms with E-state index in [-0.39, 0.29) is 37.7 Å². The van der Waals surface area contributed by atoms with Crippen molar-refractivity contribution in [1.82, 2.24) is 15.0 Å². The van der Waals surface area contributed by atoms with Gasteiger partial charge in [0, 0.05) is 11.6 Å². The number of alkyl halides is 6. The number of nitrogens with two attached hydrogens (primary N) is 1. The highest BCUT2D eigenvalue weighted by molar-refractivity contribution is 6.40. The van der Waals surface area contributed by atoms with Crippen molar-refractivity contribution in [2.24, 2.45) is 10.7 Å². The molecule has 0 aliphatic heterocycles. The lowest BCUT2D eigenvalue weighted by Gasteiger charge is -2.10. The molecule has 4 aromatic rings. The average Bonchev–Trinajstić information content (AvgIpc) is 2.79. The Labute approximate surface area is 205 Å². The average molecular weight is 548 g/mol. The smallest absolute Gasteiger partial charge is 0.401 e. The number of nitrogens with zero attached hydrogens (tertiary/aromatic N) is 4.